The second-order valence-corrected chi connectivity index (χ2v) is 5.70. The van der Waals surface area contributed by atoms with Crippen LogP contribution in [0, 0.1) is 0 Å². The molecule has 0 amide bonds. The van der Waals surface area contributed by atoms with Crippen LogP contribution in [0.5, 0.6) is 11.5 Å². The van der Waals surface area contributed by atoms with Gasteiger partial charge in [-0.1, -0.05) is 30.3 Å². The smallest absolute Gasteiger partial charge is 0.162 e. The van der Waals surface area contributed by atoms with E-state index >= 15 is 0 Å². The molecule has 0 aromatic heterocycles. The van der Waals surface area contributed by atoms with E-state index in [9.17, 15) is 5.11 Å². The molecular weight excluding hydrogens is 282 g/mol. The quantitative estimate of drug-likeness (QED) is 0.577. The minimum Gasteiger partial charge on any atom is -0.504 e. The van der Waals surface area contributed by atoms with E-state index in [1.54, 1.807) is 6.07 Å². The second-order valence-electron chi connectivity index (χ2n) is 4.54. The van der Waals surface area contributed by atoms with Gasteiger partial charge >= 0.3 is 0 Å². The predicted octanol–water partition coefficient (Wildman–Crippen LogP) is 3.67. The van der Waals surface area contributed by atoms with Crippen molar-refractivity contribution in [1.29, 1.82) is 0 Å². The van der Waals surface area contributed by atoms with Crippen molar-refractivity contribution in [2.45, 2.75) is 18.4 Å². The first kappa shape index (κ1) is 15.7. The van der Waals surface area contributed by atoms with Crippen molar-refractivity contribution in [3.63, 3.8) is 0 Å². The minimum atomic E-state index is 0.238. The molecule has 0 heterocycles. The number of ether oxygens (including phenoxy) is 1. The summed E-state index contributed by atoms with van der Waals surface area (Å²) in [7, 11) is 0. The summed E-state index contributed by atoms with van der Waals surface area (Å²) in [6, 6.07) is 15.9. The van der Waals surface area contributed by atoms with Crippen molar-refractivity contribution in [1.82, 2.24) is 5.32 Å². The highest BCUT2D eigenvalue weighted by molar-refractivity contribution is 7.99. The molecule has 2 aromatic rings. The van der Waals surface area contributed by atoms with Crippen molar-refractivity contribution in [2.75, 3.05) is 18.9 Å². The number of phenols is 1. The Morgan fingerprint density at radius 2 is 1.90 bits per heavy atom. The van der Waals surface area contributed by atoms with E-state index in [2.05, 4.69) is 17.4 Å². The maximum atomic E-state index is 10.1. The number of para-hydroxylation sites is 1. The molecule has 0 radical (unpaired) electrons. The lowest BCUT2D eigenvalue weighted by molar-refractivity contribution is 0.316. The first-order chi connectivity index (χ1) is 10.3. The van der Waals surface area contributed by atoms with Crippen molar-refractivity contribution in [3.8, 4) is 11.5 Å². The van der Waals surface area contributed by atoms with E-state index in [0.717, 1.165) is 17.9 Å². The van der Waals surface area contributed by atoms with Gasteiger partial charge in [-0.25, -0.2) is 0 Å². The number of thioether (sulfide) groups is 1. The van der Waals surface area contributed by atoms with Crippen molar-refractivity contribution in [3.05, 3.63) is 54.1 Å². The zero-order valence-corrected chi connectivity index (χ0v) is 13.0. The van der Waals surface area contributed by atoms with Gasteiger partial charge in [-0.2, -0.15) is 0 Å². The number of nitrogens with one attached hydrogen (secondary N) is 1. The third-order valence-electron chi connectivity index (χ3n) is 2.99. The van der Waals surface area contributed by atoms with Gasteiger partial charge in [-0.05, 0) is 25.1 Å². The van der Waals surface area contributed by atoms with Gasteiger partial charge in [0.05, 0.1) is 6.61 Å². The Morgan fingerprint density at radius 3 is 2.67 bits per heavy atom. The summed E-state index contributed by atoms with van der Waals surface area (Å²) in [4.78, 5) is 1.28. The largest absolute Gasteiger partial charge is 0.504 e. The zero-order chi connectivity index (χ0) is 14.9. The van der Waals surface area contributed by atoms with Crippen molar-refractivity contribution in [2.24, 2.45) is 0 Å². The molecule has 2 N–H and O–H groups in total. The first-order valence-corrected chi connectivity index (χ1v) is 8.12. The second kappa shape index (κ2) is 8.60. The van der Waals surface area contributed by atoms with Gasteiger partial charge in [-0.15, -0.1) is 11.8 Å². The molecule has 3 nitrogen and oxygen atoms in total. The van der Waals surface area contributed by atoms with Gasteiger partial charge in [0.25, 0.3) is 0 Å². The summed E-state index contributed by atoms with van der Waals surface area (Å²) in [5.41, 5.74) is 0.866. The Kier molecular flexibility index (Phi) is 6.44. The monoisotopic (exact) mass is 303 g/mol. The maximum absolute atomic E-state index is 10.1. The third-order valence-corrected chi connectivity index (χ3v) is 4.00. The number of aromatic hydroxyl groups is 1. The summed E-state index contributed by atoms with van der Waals surface area (Å²) >= 11 is 1.82. The minimum absolute atomic E-state index is 0.238. The topological polar surface area (TPSA) is 41.5 Å². The highest BCUT2D eigenvalue weighted by atomic mass is 32.2. The number of hydrogen-bond donors (Lipinski definition) is 2. The van der Waals surface area contributed by atoms with Gasteiger partial charge in [0.15, 0.2) is 11.5 Å². The first-order valence-electron chi connectivity index (χ1n) is 7.13. The van der Waals surface area contributed by atoms with Gasteiger partial charge in [0, 0.05) is 29.3 Å². The normalized spacial score (nSPS) is 10.5. The lowest BCUT2D eigenvalue weighted by Gasteiger charge is -2.11. The standard InChI is InChI=1S/C17H21NO2S/c1-2-20-16-10-6-7-14(17(16)19)13-18-11-12-21-15-8-4-3-5-9-15/h3-10,18-19H,2,11-13H2,1H3. The lowest BCUT2D eigenvalue weighted by atomic mass is 10.2. The van der Waals surface area contributed by atoms with Crippen LogP contribution in [0.15, 0.2) is 53.4 Å². The van der Waals surface area contributed by atoms with Gasteiger partial charge in [0.2, 0.25) is 0 Å². The molecule has 0 aliphatic heterocycles. The van der Waals surface area contributed by atoms with Gasteiger partial charge in [0.1, 0.15) is 0 Å². The maximum Gasteiger partial charge on any atom is 0.162 e. The van der Waals surface area contributed by atoms with Crippen LogP contribution in [0.3, 0.4) is 0 Å². The molecule has 21 heavy (non-hydrogen) atoms. The van der Waals surface area contributed by atoms with Crippen LogP contribution in [0.25, 0.3) is 0 Å². The molecule has 0 bridgehead atoms. The Balaban J connectivity index is 1.75. The number of phenolic OH excluding ortho intramolecular Hbond substituents is 1. The molecule has 112 valence electrons. The average molecular weight is 303 g/mol. The van der Waals surface area contributed by atoms with E-state index in [0.29, 0.717) is 18.9 Å². The molecule has 2 rings (SSSR count). The van der Waals surface area contributed by atoms with Gasteiger partial charge in [-0.3, -0.25) is 0 Å². The fraction of sp³-hybridized carbons (Fsp3) is 0.294. The molecule has 2 aromatic carbocycles. The molecule has 0 fully saturated rings. The van der Waals surface area contributed by atoms with E-state index in [4.69, 9.17) is 4.74 Å². The molecule has 0 aliphatic carbocycles. The zero-order valence-electron chi connectivity index (χ0n) is 12.2. The predicted molar refractivity (Wildman–Crippen MR) is 88.1 cm³/mol. The summed E-state index contributed by atoms with van der Waals surface area (Å²) in [5.74, 6) is 1.79. The van der Waals surface area contributed by atoms with E-state index in [1.807, 2.05) is 49.0 Å². The molecule has 0 spiro atoms. The SMILES string of the molecule is CCOc1cccc(CNCCSc2ccccc2)c1O. The van der Waals surface area contributed by atoms with Crippen molar-refractivity contribution < 1.29 is 9.84 Å². The van der Waals surface area contributed by atoms with Crippen LogP contribution in [0.2, 0.25) is 0 Å². The van der Waals surface area contributed by atoms with Crippen LogP contribution in [0.1, 0.15) is 12.5 Å². The number of hydrogen-bond acceptors (Lipinski definition) is 4. The van der Waals surface area contributed by atoms with E-state index in [-0.39, 0.29) is 5.75 Å². The summed E-state index contributed by atoms with van der Waals surface area (Å²) < 4.78 is 5.38. The molecule has 0 atom stereocenters. The van der Waals surface area contributed by atoms with Crippen molar-refractivity contribution >= 4 is 11.8 Å². The third kappa shape index (κ3) is 4.99. The summed E-state index contributed by atoms with van der Waals surface area (Å²) in [6.45, 7) is 3.99. The summed E-state index contributed by atoms with van der Waals surface area (Å²) in [6.07, 6.45) is 0. The average Bonchev–Trinajstić information content (AvgIpc) is 2.51. The van der Waals surface area contributed by atoms with E-state index < -0.39 is 0 Å². The summed E-state index contributed by atoms with van der Waals surface area (Å²) in [5, 5.41) is 13.4. The Hall–Kier alpha value is -1.65. The van der Waals surface area contributed by atoms with E-state index in [1.165, 1.54) is 4.90 Å². The molecule has 0 saturated carbocycles. The fourth-order valence-corrected chi connectivity index (χ4v) is 2.79. The van der Waals surface area contributed by atoms with Crippen LogP contribution < -0.4 is 10.1 Å². The van der Waals surface area contributed by atoms with Crippen LogP contribution >= 0.6 is 11.8 Å². The molecule has 0 saturated heterocycles. The lowest BCUT2D eigenvalue weighted by Crippen LogP contribution is -2.16. The van der Waals surface area contributed by atoms with Gasteiger partial charge < -0.3 is 15.2 Å². The molecule has 4 heteroatoms. The highest BCUT2D eigenvalue weighted by Gasteiger charge is 2.06. The number of benzene rings is 2. The highest BCUT2D eigenvalue weighted by Crippen LogP contribution is 2.29. The Bertz CT molecular complexity index is 546. The Morgan fingerprint density at radius 1 is 1.10 bits per heavy atom. The van der Waals surface area contributed by atoms with Crippen LogP contribution in [0.4, 0.5) is 0 Å². The molecule has 0 aliphatic rings. The Labute approximate surface area is 130 Å². The number of rotatable bonds is 8. The van der Waals surface area contributed by atoms with Crippen LogP contribution in [-0.4, -0.2) is 24.0 Å². The fourth-order valence-electron chi connectivity index (χ4n) is 1.96. The molecule has 0 unspecified atom stereocenters. The van der Waals surface area contributed by atoms with Crippen LogP contribution in [-0.2, 0) is 6.54 Å². The molecular formula is C17H21NO2S.